The Labute approximate surface area is 97.0 Å². The summed E-state index contributed by atoms with van der Waals surface area (Å²) < 4.78 is 14.7. The van der Waals surface area contributed by atoms with Crippen LogP contribution in [0.15, 0.2) is 10.6 Å². The van der Waals surface area contributed by atoms with Crippen molar-refractivity contribution in [3.63, 3.8) is 0 Å². The molecule has 0 aliphatic heterocycles. The first-order chi connectivity index (χ1) is 8.21. The van der Waals surface area contributed by atoms with Gasteiger partial charge >= 0.3 is 12.0 Å². The van der Waals surface area contributed by atoms with Crippen LogP contribution in [0.1, 0.15) is 5.76 Å². The van der Waals surface area contributed by atoms with Crippen LogP contribution in [0.25, 0.3) is 0 Å². The summed E-state index contributed by atoms with van der Waals surface area (Å²) in [6.45, 7) is 1.78. The molecule has 0 aliphatic rings. The number of ether oxygens (including phenoxy) is 2. The first-order valence-electron chi connectivity index (χ1n) is 4.75. The van der Waals surface area contributed by atoms with E-state index in [1.54, 1.807) is 13.0 Å². The Morgan fingerprint density at radius 2 is 1.76 bits per heavy atom. The molecule has 0 saturated carbocycles. The van der Waals surface area contributed by atoms with Crippen molar-refractivity contribution in [1.29, 1.82) is 0 Å². The van der Waals surface area contributed by atoms with Crippen molar-refractivity contribution in [2.24, 2.45) is 0 Å². The zero-order valence-electron chi connectivity index (χ0n) is 9.59. The maximum Gasteiger partial charge on any atom is 0.324 e. The third kappa shape index (κ3) is 2.60. The van der Waals surface area contributed by atoms with Crippen molar-refractivity contribution in [3.05, 3.63) is 11.8 Å². The van der Waals surface area contributed by atoms with E-state index in [0.29, 0.717) is 11.6 Å². The van der Waals surface area contributed by atoms with E-state index in [4.69, 9.17) is 14.0 Å². The molecular formula is C9H11N5O3. The van der Waals surface area contributed by atoms with E-state index in [-0.39, 0.29) is 18.0 Å². The average molecular weight is 237 g/mol. The van der Waals surface area contributed by atoms with Crippen LogP contribution in [-0.4, -0.2) is 34.3 Å². The zero-order valence-corrected chi connectivity index (χ0v) is 9.59. The molecule has 8 nitrogen and oxygen atoms in total. The van der Waals surface area contributed by atoms with Crippen LogP contribution in [0.5, 0.6) is 12.0 Å². The lowest BCUT2D eigenvalue weighted by atomic mass is 10.5. The fourth-order valence-corrected chi connectivity index (χ4v) is 1.12. The SMILES string of the molecule is COc1nc(Nc2cc(C)on2)nc(OC)n1. The summed E-state index contributed by atoms with van der Waals surface area (Å²) in [5.41, 5.74) is 0. The quantitative estimate of drug-likeness (QED) is 0.838. The number of hydrogen-bond acceptors (Lipinski definition) is 8. The van der Waals surface area contributed by atoms with Crippen LogP contribution < -0.4 is 14.8 Å². The summed E-state index contributed by atoms with van der Waals surface area (Å²) in [6.07, 6.45) is 0. The van der Waals surface area contributed by atoms with Crippen molar-refractivity contribution < 1.29 is 14.0 Å². The maximum atomic E-state index is 4.91. The highest BCUT2D eigenvalue weighted by atomic mass is 16.5. The molecule has 0 amide bonds. The van der Waals surface area contributed by atoms with E-state index >= 15 is 0 Å². The number of aromatic nitrogens is 4. The predicted octanol–water partition coefficient (Wildman–Crippen LogP) is 0.929. The van der Waals surface area contributed by atoms with Crippen LogP contribution in [0.4, 0.5) is 11.8 Å². The van der Waals surface area contributed by atoms with E-state index in [1.807, 2.05) is 0 Å². The molecule has 0 radical (unpaired) electrons. The molecule has 0 atom stereocenters. The van der Waals surface area contributed by atoms with Crippen LogP contribution in [0, 0.1) is 6.92 Å². The highest BCUT2D eigenvalue weighted by Crippen LogP contribution is 2.16. The number of hydrogen-bond donors (Lipinski definition) is 1. The third-order valence-electron chi connectivity index (χ3n) is 1.83. The summed E-state index contributed by atoms with van der Waals surface area (Å²) in [4.78, 5) is 11.8. The molecule has 0 spiro atoms. The molecule has 0 bridgehead atoms. The van der Waals surface area contributed by atoms with Gasteiger partial charge in [-0.3, -0.25) is 0 Å². The summed E-state index contributed by atoms with van der Waals surface area (Å²) in [5.74, 6) is 1.44. The number of anilines is 2. The Balaban J connectivity index is 2.25. The smallest absolute Gasteiger partial charge is 0.324 e. The van der Waals surface area contributed by atoms with Crippen molar-refractivity contribution in [3.8, 4) is 12.0 Å². The fraction of sp³-hybridized carbons (Fsp3) is 0.333. The lowest BCUT2D eigenvalue weighted by molar-refractivity contribution is 0.341. The Morgan fingerprint density at radius 3 is 2.24 bits per heavy atom. The first-order valence-corrected chi connectivity index (χ1v) is 4.75. The molecule has 2 aromatic rings. The number of aryl methyl sites for hydroxylation is 1. The van der Waals surface area contributed by atoms with Crippen molar-refractivity contribution in [2.45, 2.75) is 6.92 Å². The summed E-state index contributed by atoms with van der Waals surface area (Å²) in [7, 11) is 2.91. The van der Waals surface area contributed by atoms with Crippen LogP contribution in [0.2, 0.25) is 0 Å². The molecule has 0 aromatic carbocycles. The van der Waals surface area contributed by atoms with E-state index in [1.165, 1.54) is 14.2 Å². The van der Waals surface area contributed by atoms with Gasteiger partial charge in [-0.15, -0.1) is 4.98 Å². The molecule has 0 aliphatic carbocycles. The first kappa shape index (κ1) is 11.1. The zero-order chi connectivity index (χ0) is 12.3. The average Bonchev–Trinajstić information content (AvgIpc) is 2.74. The molecular weight excluding hydrogens is 226 g/mol. The van der Waals surface area contributed by atoms with Gasteiger partial charge in [-0.2, -0.15) is 9.97 Å². The Morgan fingerprint density at radius 1 is 1.12 bits per heavy atom. The Kier molecular flexibility index (Phi) is 3.03. The highest BCUT2D eigenvalue weighted by Gasteiger charge is 2.08. The van der Waals surface area contributed by atoms with Gasteiger partial charge in [0.25, 0.3) is 0 Å². The molecule has 0 fully saturated rings. The van der Waals surface area contributed by atoms with Crippen molar-refractivity contribution in [2.75, 3.05) is 19.5 Å². The third-order valence-corrected chi connectivity index (χ3v) is 1.83. The fourth-order valence-electron chi connectivity index (χ4n) is 1.12. The van der Waals surface area contributed by atoms with Gasteiger partial charge in [0.2, 0.25) is 5.95 Å². The minimum Gasteiger partial charge on any atom is -0.467 e. The molecule has 2 heterocycles. The highest BCUT2D eigenvalue weighted by molar-refractivity contribution is 5.47. The second-order valence-electron chi connectivity index (χ2n) is 3.08. The van der Waals surface area contributed by atoms with Gasteiger partial charge < -0.3 is 19.3 Å². The predicted molar refractivity (Wildman–Crippen MR) is 57.5 cm³/mol. The number of methoxy groups -OCH3 is 2. The normalized spacial score (nSPS) is 10.1. The second-order valence-corrected chi connectivity index (χ2v) is 3.08. The topological polar surface area (TPSA) is 95.2 Å². The van der Waals surface area contributed by atoms with Crippen molar-refractivity contribution in [1.82, 2.24) is 20.1 Å². The molecule has 0 saturated heterocycles. The Hall–Kier alpha value is -2.38. The summed E-state index contributed by atoms with van der Waals surface area (Å²) in [6, 6.07) is 2.02. The second kappa shape index (κ2) is 4.64. The molecule has 17 heavy (non-hydrogen) atoms. The number of nitrogens with one attached hydrogen (secondary N) is 1. The summed E-state index contributed by atoms with van der Waals surface area (Å²) >= 11 is 0. The molecule has 2 rings (SSSR count). The molecule has 1 N–H and O–H groups in total. The van der Waals surface area contributed by atoms with E-state index in [9.17, 15) is 0 Å². The summed E-state index contributed by atoms with van der Waals surface area (Å²) in [5, 5.41) is 6.60. The standard InChI is InChI=1S/C9H11N5O3/c1-5-4-6(14-17-5)10-7-11-8(15-2)13-9(12-7)16-3/h4H,1-3H3,(H,10,11,12,13,14). The minimum absolute atomic E-state index is 0.152. The minimum atomic E-state index is 0.152. The molecule has 0 unspecified atom stereocenters. The molecule has 90 valence electrons. The maximum absolute atomic E-state index is 4.91. The largest absolute Gasteiger partial charge is 0.467 e. The lowest BCUT2D eigenvalue weighted by Crippen LogP contribution is -2.03. The lowest BCUT2D eigenvalue weighted by Gasteiger charge is -2.04. The monoisotopic (exact) mass is 237 g/mol. The van der Waals surface area contributed by atoms with E-state index < -0.39 is 0 Å². The van der Waals surface area contributed by atoms with Crippen LogP contribution in [0.3, 0.4) is 0 Å². The number of nitrogens with zero attached hydrogens (tertiary/aromatic N) is 4. The molecule has 2 aromatic heterocycles. The number of rotatable bonds is 4. The van der Waals surface area contributed by atoms with E-state index in [2.05, 4.69) is 25.4 Å². The van der Waals surface area contributed by atoms with Gasteiger partial charge in [0, 0.05) is 6.07 Å². The van der Waals surface area contributed by atoms with Crippen LogP contribution in [-0.2, 0) is 0 Å². The van der Waals surface area contributed by atoms with Crippen molar-refractivity contribution >= 4 is 11.8 Å². The van der Waals surface area contributed by atoms with Gasteiger partial charge in [-0.25, -0.2) is 0 Å². The van der Waals surface area contributed by atoms with Gasteiger partial charge in [-0.05, 0) is 6.92 Å². The van der Waals surface area contributed by atoms with Gasteiger partial charge in [0.1, 0.15) is 5.76 Å². The van der Waals surface area contributed by atoms with Crippen LogP contribution >= 0.6 is 0 Å². The van der Waals surface area contributed by atoms with E-state index in [0.717, 1.165) is 0 Å². The Bertz CT molecular complexity index is 491. The molecule has 8 heteroatoms. The van der Waals surface area contributed by atoms with Gasteiger partial charge in [-0.1, -0.05) is 5.16 Å². The van der Waals surface area contributed by atoms with Gasteiger partial charge in [0.15, 0.2) is 5.82 Å². The van der Waals surface area contributed by atoms with Gasteiger partial charge in [0.05, 0.1) is 14.2 Å².